The van der Waals surface area contributed by atoms with Crippen LogP contribution in [0.3, 0.4) is 0 Å². The van der Waals surface area contributed by atoms with E-state index in [-0.39, 0.29) is 0 Å². The molecule has 106 valence electrons. The molecular formula is C14H22N2O3. The van der Waals surface area contributed by atoms with E-state index < -0.39 is 18.1 Å². The molecule has 19 heavy (non-hydrogen) atoms. The summed E-state index contributed by atoms with van der Waals surface area (Å²) in [6.45, 7) is 3.97. The molecule has 0 bridgehead atoms. The number of carbonyl (C=O) groups is 1. The first-order valence-electron chi connectivity index (χ1n) is 6.09. The van der Waals surface area contributed by atoms with E-state index in [1.807, 2.05) is 40.1 Å². The third-order valence-electron chi connectivity index (χ3n) is 3.35. The van der Waals surface area contributed by atoms with Crippen molar-refractivity contribution in [3.63, 3.8) is 0 Å². The number of carboxylic acid groups (broad SMARTS) is 1. The molecule has 0 spiro atoms. The minimum Gasteiger partial charge on any atom is -0.496 e. The standard InChI is InChI=1S/C14H22N2O3/c1-8-6-10(11(19-5)7-9(8)2)13(16(3)4)12(15)14(17)18/h6-7,12-13H,15H2,1-5H3,(H,17,18). The highest BCUT2D eigenvalue weighted by Crippen LogP contribution is 2.32. The number of likely N-dealkylation sites (N-methyl/N-ethyl adjacent to an activating group) is 1. The fraction of sp³-hybridized carbons (Fsp3) is 0.500. The Hall–Kier alpha value is -1.59. The number of hydrogen-bond donors (Lipinski definition) is 2. The first-order valence-corrected chi connectivity index (χ1v) is 6.09. The number of nitrogens with two attached hydrogens (primary N) is 1. The third-order valence-corrected chi connectivity index (χ3v) is 3.35. The molecule has 0 aliphatic rings. The van der Waals surface area contributed by atoms with Crippen LogP contribution >= 0.6 is 0 Å². The summed E-state index contributed by atoms with van der Waals surface area (Å²) in [5, 5.41) is 9.16. The molecule has 0 aliphatic carbocycles. The smallest absolute Gasteiger partial charge is 0.322 e. The van der Waals surface area contributed by atoms with Gasteiger partial charge in [0.15, 0.2) is 0 Å². The topological polar surface area (TPSA) is 75.8 Å². The Morgan fingerprint density at radius 3 is 2.26 bits per heavy atom. The van der Waals surface area contributed by atoms with Crippen LogP contribution in [0.1, 0.15) is 22.7 Å². The van der Waals surface area contributed by atoms with Gasteiger partial charge < -0.3 is 20.5 Å². The first kappa shape index (κ1) is 15.5. The number of nitrogens with zero attached hydrogens (tertiary/aromatic N) is 1. The van der Waals surface area contributed by atoms with Crippen molar-refractivity contribution >= 4 is 5.97 Å². The lowest BCUT2D eigenvalue weighted by Crippen LogP contribution is -2.43. The van der Waals surface area contributed by atoms with Gasteiger partial charge in [0.25, 0.3) is 0 Å². The minimum absolute atomic E-state index is 0.438. The summed E-state index contributed by atoms with van der Waals surface area (Å²) in [4.78, 5) is 13.0. The maximum atomic E-state index is 11.2. The Bertz CT molecular complexity index is 472. The number of ether oxygens (including phenoxy) is 1. The van der Waals surface area contributed by atoms with Gasteiger partial charge >= 0.3 is 5.97 Å². The molecular weight excluding hydrogens is 244 g/mol. The normalized spacial score (nSPS) is 14.3. The Labute approximate surface area is 114 Å². The van der Waals surface area contributed by atoms with Crippen LogP contribution in [-0.4, -0.2) is 43.2 Å². The van der Waals surface area contributed by atoms with Crippen molar-refractivity contribution in [2.24, 2.45) is 5.73 Å². The average molecular weight is 266 g/mol. The van der Waals surface area contributed by atoms with Crippen LogP contribution in [0.15, 0.2) is 12.1 Å². The maximum Gasteiger partial charge on any atom is 0.322 e. The SMILES string of the molecule is COc1cc(C)c(C)cc1C(C(N)C(=O)O)N(C)C. The molecule has 1 rings (SSSR count). The Balaban J connectivity index is 3.37. The summed E-state index contributed by atoms with van der Waals surface area (Å²) < 4.78 is 5.37. The van der Waals surface area contributed by atoms with Gasteiger partial charge in [0.2, 0.25) is 0 Å². The van der Waals surface area contributed by atoms with Crippen LogP contribution in [0.2, 0.25) is 0 Å². The van der Waals surface area contributed by atoms with E-state index >= 15 is 0 Å². The van der Waals surface area contributed by atoms with E-state index in [0.717, 1.165) is 16.7 Å². The number of carboxylic acids is 1. The van der Waals surface area contributed by atoms with Crippen molar-refractivity contribution < 1.29 is 14.6 Å². The highest BCUT2D eigenvalue weighted by Gasteiger charge is 2.30. The molecule has 0 saturated carbocycles. The number of aliphatic carboxylic acids is 1. The van der Waals surface area contributed by atoms with Crippen molar-refractivity contribution in [3.8, 4) is 5.75 Å². The fourth-order valence-corrected chi connectivity index (χ4v) is 2.15. The van der Waals surface area contributed by atoms with Gasteiger partial charge in [-0.25, -0.2) is 0 Å². The maximum absolute atomic E-state index is 11.2. The van der Waals surface area contributed by atoms with Crippen molar-refractivity contribution in [2.75, 3.05) is 21.2 Å². The third kappa shape index (κ3) is 3.24. The van der Waals surface area contributed by atoms with Gasteiger partial charge in [0.1, 0.15) is 11.8 Å². The van der Waals surface area contributed by atoms with Crippen molar-refractivity contribution in [3.05, 3.63) is 28.8 Å². The molecule has 5 nitrogen and oxygen atoms in total. The molecule has 2 unspecified atom stereocenters. The second-order valence-electron chi connectivity index (χ2n) is 4.95. The van der Waals surface area contributed by atoms with Crippen LogP contribution in [-0.2, 0) is 4.79 Å². The van der Waals surface area contributed by atoms with E-state index in [2.05, 4.69) is 0 Å². The summed E-state index contributed by atoms with van der Waals surface area (Å²) >= 11 is 0. The van der Waals surface area contributed by atoms with Gasteiger partial charge in [-0.05, 0) is 45.1 Å². The van der Waals surface area contributed by atoms with Gasteiger partial charge in [0, 0.05) is 5.56 Å². The molecule has 0 heterocycles. The predicted octanol–water partition coefficient (Wildman–Crippen LogP) is 1.33. The molecule has 0 aliphatic heterocycles. The lowest BCUT2D eigenvalue weighted by atomic mass is 9.94. The summed E-state index contributed by atoms with van der Waals surface area (Å²) in [5.41, 5.74) is 8.79. The van der Waals surface area contributed by atoms with Crippen molar-refractivity contribution in [1.29, 1.82) is 0 Å². The summed E-state index contributed by atoms with van der Waals surface area (Å²) in [5.74, 6) is -0.363. The number of rotatable bonds is 5. The predicted molar refractivity (Wildman–Crippen MR) is 74.5 cm³/mol. The first-order chi connectivity index (χ1) is 8.79. The van der Waals surface area contributed by atoms with Crippen LogP contribution in [0.25, 0.3) is 0 Å². The van der Waals surface area contributed by atoms with E-state index in [1.54, 1.807) is 12.0 Å². The molecule has 0 fully saturated rings. The van der Waals surface area contributed by atoms with E-state index in [0.29, 0.717) is 5.75 Å². The largest absolute Gasteiger partial charge is 0.496 e. The summed E-state index contributed by atoms with van der Waals surface area (Å²) in [7, 11) is 5.19. The molecule has 0 amide bonds. The number of hydrogen-bond acceptors (Lipinski definition) is 4. The Morgan fingerprint density at radius 2 is 1.84 bits per heavy atom. The van der Waals surface area contributed by atoms with Crippen molar-refractivity contribution in [1.82, 2.24) is 4.90 Å². The lowest BCUT2D eigenvalue weighted by Gasteiger charge is -2.29. The second-order valence-corrected chi connectivity index (χ2v) is 4.95. The molecule has 0 aromatic heterocycles. The quantitative estimate of drug-likeness (QED) is 0.840. The highest BCUT2D eigenvalue weighted by atomic mass is 16.5. The summed E-state index contributed by atoms with van der Waals surface area (Å²) in [6.07, 6.45) is 0. The summed E-state index contributed by atoms with van der Waals surface area (Å²) in [6, 6.07) is 2.41. The van der Waals surface area contributed by atoms with Gasteiger partial charge in [-0.1, -0.05) is 6.07 Å². The molecule has 2 atom stereocenters. The monoisotopic (exact) mass is 266 g/mol. The molecule has 1 aromatic rings. The highest BCUT2D eigenvalue weighted by molar-refractivity contribution is 5.75. The number of benzene rings is 1. The van der Waals surface area contributed by atoms with E-state index in [1.165, 1.54) is 0 Å². The van der Waals surface area contributed by atoms with Crippen molar-refractivity contribution in [2.45, 2.75) is 25.9 Å². The zero-order valence-corrected chi connectivity index (χ0v) is 12.1. The van der Waals surface area contributed by atoms with Gasteiger partial charge in [-0.2, -0.15) is 0 Å². The molecule has 0 saturated heterocycles. The van der Waals surface area contributed by atoms with E-state index in [4.69, 9.17) is 15.6 Å². The molecule has 0 radical (unpaired) electrons. The lowest BCUT2D eigenvalue weighted by molar-refractivity contribution is -0.140. The van der Waals surface area contributed by atoms with E-state index in [9.17, 15) is 4.79 Å². The zero-order valence-electron chi connectivity index (χ0n) is 12.1. The molecule has 5 heteroatoms. The van der Waals surface area contributed by atoms with Gasteiger partial charge in [-0.3, -0.25) is 4.79 Å². The number of methoxy groups -OCH3 is 1. The second kappa shape index (κ2) is 6.04. The minimum atomic E-state index is -1.03. The number of aryl methyl sites for hydroxylation is 2. The molecule has 1 aromatic carbocycles. The Morgan fingerprint density at radius 1 is 1.32 bits per heavy atom. The van der Waals surface area contributed by atoms with Gasteiger partial charge in [0.05, 0.1) is 13.2 Å². The molecule has 3 N–H and O–H groups in total. The van der Waals surface area contributed by atoms with Gasteiger partial charge in [-0.15, -0.1) is 0 Å². The van der Waals surface area contributed by atoms with Crippen LogP contribution in [0.4, 0.5) is 0 Å². The van der Waals surface area contributed by atoms with Crippen LogP contribution < -0.4 is 10.5 Å². The zero-order chi connectivity index (χ0) is 14.7. The fourth-order valence-electron chi connectivity index (χ4n) is 2.15. The Kier molecular flexibility index (Phi) is 4.91. The van der Waals surface area contributed by atoms with Crippen LogP contribution in [0.5, 0.6) is 5.75 Å². The average Bonchev–Trinajstić information content (AvgIpc) is 2.32. The van der Waals surface area contributed by atoms with Crippen LogP contribution in [0, 0.1) is 13.8 Å².